The second kappa shape index (κ2) is 11.1. The van der Waals surface area contributed by atoms with Crippen molar-refractivity contribution in [3.8, 4) is 11.5 Å². The lowest BCUT2D eigenvalue weighted by molar-refractivity contribution is -0.139. The summed E-state index contributed by atoms with van der Waals surface area (Å²) in [6.07, 6.45) is 1.81. The minimum atomic E-state index is -0.697. The van der Waals surface area contributed by atoms with Crippen LogP contribution in [0.4, 0.5) is 0 Å². The molecule has 2 aromatic carbocycles. The minimum absolute atomic E-state index is 0.214. The first kappa shape index (κ1) is 26.4. The summed E-state index contributed by atoms with van der Waals surface area (Å²) in [5.74, 6) is 0.877. The Morgan fingerprint density at radius 3 is 2.47 bits per heavy atom. The van der Waals surface area contributed by atoms with E-state index in [1.807, 2.05) is 43.3 Å². The molecule has 0 aliphatic carbocycles. The first-order valence-electron chi connectivity index (χ1n) is 11.2. The van der Waals surface area contributed by atoms with Crippen molar-refractivity contribution in [3.05, 3.63) is 87.4 Å². The van der Waals surface area contributed by atoms with Crippen molar-refractivity contribution >= 4 is 55.2 Å². The van der Waals surface area contributed by atoms with Gasteiger partial charge in [-0.25, -0.2) is 9.79 Å². The number of carbonyl (C=O) groups excluding carboxylic acids is 1. The van der Waals surface area contributed by atoms with Crippen molar-refractivity contribution in [2.75, 3.05) is 20.3 Å². The molecule has 0 spiro atoms. The number of rotatable bonds is 7. The van der Waals surface area contributed by atoms with Gasteiger partial charge in [0.15, 0.2) is 4.80 Å². The molecular weight excluding hydrogens is 612 g/mol. The highest BCUT2D eigenvalue weighted by Gasteiger charge is 2.33. The Balaban J connectivity index is 1.91. The number of esters is 1. The predicted molar refractivity (Wildman–Crippen MR) is 146 cm³/mol. The van der Waals surface area contributed by atoms with E-state index in [0.29, 0.717) is 37.4 Å². The van der Waals surface area contributed by atoms with Crippen molar-refractivity contribution < 1.29 is 19.0 Å². The van der Waals surface area contributed by atoms with E-state index in [1.165, 1.54) is 11.3 Å². The van der Waals surface area contributed by atoms with E-state index < -0.39 is 12.0 Å². The molecule has 4 rings (SSSR count). The number of thiazole rings is 1. The number of fused-ring (bicyclic) bond motifs is 1. The summed E-state index contributed by atoms with van der Waals surface area (Å²) < 4.78 is 19.9. The molecule has 188 valence electrons. The zero-order valence-electron chi connectivity index (χ0n) is 20.1. The van der Waals surface area contributed by atoms with Gasteiger partial charge in [0.2, 0.25) is 0 Å². The molecule has 0 unspecified atom stereocenters. The third-order valence-corrected chi connectivity index (χ3v) is 7.78. The molecule has 0 bridgehead atoms. The monoisotopic (exact) mass is 634 g/mol. The molecule has 1 aliphatic rings. The molecule has 1 aromatic heterocycles. The molecule has 1 aliphatic heterocycles. The number of benzene rings is 2. The molecule has 0 amide bonds. The van der Waals surface area contributed by atoms with Gasteiger partial charge in [-0.1, -0.05) is 23.5 Å². The topological polar surface area (TPSA) is 79.1 Å². The van der Waals surface area contributed by atoms with Crippen molar-refractivity contribution in [2.45, 2.75) is 26.8 Å². The quantitative estimate of drug-likeness (QED) is 0.351. The summed E-state index contributed by atoms with van der Waals surface area (Å²) in [7, 11) is 1.58. The SMILES string of the molecule is CCOC(=O)C1=C(C)N=c2s/c(=C/c3ccc(OCC)c(Br)c3)c(=O)n2[C@H]1c1ccc(OC)c(Br)c1. The number of carbonyl (C=O) groups is 1. The predicted octanol–water partition coefficient (Wildman–Crippen LogP) is 4.73. The Morgan fingerprint density at radius 1 is 1.11 bits per heavy atom. The normalized spacial score (nSPS) is 15.4. The highest BCUT2D eigenvalue weighted by Crippen LogP contribution is 2.35. The van der Waals surface area contributed by atoms with E-state index in [9.17, 15) is 9.59 Å². The van der Waals surface area contributed by atoms with Gasteiger partial charge in [-0.15, -0.1) is 0 Å². The van der Waals surface area contributed by atoms with Gasteiger partial charge >= 0.3 is 5.97 Å². The lowest BCUT2D eigenvalue weighted by atomic mass is 9.96. The van der Waals surface area contributed by atoms with Gasteiger partial charge in [-0.05, 0) is 94.1 Å². The summed E-state index contributed by atoms with van der Waals surface area (Å²) in [5.41, 5.74) is 2.17. The number of nitrogens with zero attached hydrogens (tertiary/aromatic N) is 2. The molecule has 36 heavy (non-hydrogen) atoms. The number of ether oxygens (including phenoxy) is 3. The van der Waals surface area contributed by atoms with Crippen LogP contribution in [0, 0.1) is 0 Å². The Bertz CT molecular complexity index is 1540. The first-order chi connectivity index (χ1) is 17.3. The fraction of sp³-hybridized carbons (Fsp3) is 0.269. The van der Waals surface area contributed by atoms with Gasteiger partial charge in [0.05, 0.1) is 51.1 Å². The number of hydrogen-bond donors (Lipinski definition) is 0. The van der Waals surface area contributed by atoms with Gasteiger partial charge < -0.3 is 14.2 Å². The maximum Gasteiger partial charge on any atom is 0.338 e. The van der Waals surface area contributed by atoms with Crippen LogP contribution >= 0.6 is 43.2 Å². The summed E-state index contributed by atoms with van der Waals surface area (Å²) in [4.78, 5) is 31.9. The minimum Gasteiger partial charge on any atom is -0.496 e. The molecule has 0 N–H and O–H groups in total. The van der Waals surface area contributed by atoms with Gasteiger partial charge in [0.25, 0.3) is 5.56 Å². The average Bonchev–Trinajstić information content (AvgIpc) is 3.14. The zero-order valence-corrected chi connectivity index (χ0v) is 24.1. The van der Waals surface area contributed by atoms with Crippen LogP contribution in [0.3, 0.4) is 0 Å². The summed E-state index contributed by atoms with van der Waals surface area (Å²) >= 11 is 8.33. The average molecular weight is 636 g/mol. The van der Waals surface area contributed by atoms with Crippen molar-refractivity contribution in [1.29, 1.82) is 0 Å². The molecule has 0 radical (unpaired) electrons. The lowest BCUT2D eigenvalue weighted by Crippen LogP contribution is -2.39. The summed E-state index contributed by atoms with van der Waals surface area (Å²) in [5, 5.41) is 0. The summed E-state index contributed by atoms with van der Waals surface area (Å²) in [6.45, 7) is 6.20. The Hall–Kier alpha value is -2.69. The van der Waals surface area contributed by atoms with E-state index in [4.69, 9.17) is 14.2 Å². The maximum absolute atomic E-state index is 13.7. The second-order valence-electron chi connectivity index (χ2n) is 7.82. The molecule has 7 nitrogen and oxygen atoms in total. The van der Waals surface area contributed by atoms with Crippen molar-refractivity contribution in [2.24, 2.45) is 4.99 Å². The maximum atomic E-state index is 13.7. The van der Waals surface area contributed by atoms with E-state index in [2.05, 4.69) is 36.9 Å². The molecular formula is C26H24Br2N2O5S. The number of halogens is 2. The van der Waals surface area contributed by atoms with Crippen LogP contribution in [0.25, 0.3) is 6.08 Å². The third-order valence-electron chi connectivity index (χ3n) is 5.56. The number of aromatic nitrogens is 1. The van der Waals surface area contributed by atoms with Crippen LogP contribution in [-0.2, 0) is 9.53 Å². The summed E-state index contributed by atoms with van der Waals surface area (Å²) in [6, 6.07) is 10.4. The number of methoxy groups -OCH3 is 1. The Labute approximate surface area is 229 Å². The van der Waals surface area contributed by atoms with Crippen molar-refractivity contribution in [1.82, 2.24) is 4.57 Å². The van der Waals surface area contributed by atoms with Crippen LogP contribution in [0.15, 0.2) is 66.4 Å². The van der Waals surface area contributed by atoms with Gasteiger partial charge in [0, 0.05) is 0 Å². The molecule has 0 saturated heterocycles. The van der Waals surface area contributed by atoms with Gasteiger partial charge in [0.1, 0.15) is 11.5 Å². The second-order valence-corrected chi connectivity index (χ2v) is 10.5. The van der Waals surface area contributed by atoms with Crippen LogP contribution < -0.4 is 24.4 Å². The number of hydrogen-bond acceptors (Lipinski definition) is 7. The van der Waals surface area contributed by atoms with Crippen molar-refractivity contribution in [3.63, 3.8) is 0 Å². The number of allylic oxidation sites excluding steroid dienone is 1. The Morgan fingerprint density at radius 2 is 1.83 bits per heavy atom. The van der Waals surface area contributed by atoms with E-state index in [1.54, 1.807) is 31.6 Å². The van der Waals surface area contributed by atoms with Gasteiger partial charge in [-0.2, -0.15) is 0 Å². The van der Waals surface area contributed by atoms with E-state index in [0.717, 1.165) is 21.3 Å². The molecule has 10 heteroatoms. The van der Waals surface area contributed by atoms with Crippen LogP contribution in [-0.4, -0.2) is 30.9 Å². The highest BCUT2D eigenvalue weighted by molar-refractivity contribution is 9.10. The van der Waals surface area contributed by atoms with E-state index >= 15 is 0 Å². The van der Waals surface area contributed by atoms with Crippen LogP contribution in [0.2, 0.25) is 0 Å². The zero-order chi connectivity index (χ0) is 26.0. The molecule has 0 fully saturated rings. The first-order valence-corrected chi connectivity index (χ1v) is 13.6. The van der Waals surface area contributed by atoms with Crippen LogP contribution in [0.1, 0.15) is 37.9 Å². The Kier molecular flexibility index (Phi) is 8.17. The standard InChI is InChI=1S/C26H24Br2N2O5S/c1-5-34-20-9-7-15(11-17(20)27)12-21-24(31)30-23(16-8-10-19(33-4)18(28)13-16)22(25(32)35-6-2)14(3)29-26(30)36-21/h7-13,23H,5-6H2,1-4H3/b21-12+/t23-/m0/s1. The third kappa shape index (κ3) is 5.07. The lowest BCUT2D eigenvalue weighted by Gasteiger charge is -2.25. The highest BCUT2D eigenvalue weighted by atomic mass is 79.9. The fourth-order valence-corrected chi connectivity index (χ4v) is 6.11. The van der Waals surface area contributed by atoms with Gasteiger partial charge in [-0.3, -0.25) is 9.36 Å². The van der Waals surface area contributed by atoms with E-state index in [-0.39, 0.29) is 12.2 Å². The largest absolute Gasteiger partial charge is 0.496 e. The molecule has 1 atom stereocenters. The molecule has 2 heterocycles. The molecule has 0 saturated carbocycles. The molecule has 3 aromatic rings. The fourth-order valence-electron chi connectivity index (χ4n) is 3.99. The smallest absolute Gasteiger partial charge is 0.338 e. The van der Waals surface area contributed by atoms with Crippen LogP contribution in [0.5, 0.6) is 11.5 Å².